The minimum absolute atomic E-state index is 0.181. The van der Waals surface area contributed by atoms with E-state index in [0.29, 0.717) is 24.3 Å². The highest BCUT2D eigenvalue weighted by molar-refractivity contribution is 5.93. The van der Waals surface area contributed by atoms with E-state index in [2.05, 4.69) is 63.2 Å². The number of hydrogen-bond donors (Lipinski definition) is 0. The molecular formula is C25H32N2O. The van der Waals surface area contributed by atoms with Crippen LogP contribution in [0.15, 0.2) is 53.5 Å². The predicted molar refractivity (Wildman–Crippen MR) is 115 cm³/mol. The summed E-state index contributed by atoms with van der Waals surface area (Å²) in [4.78, 5) is 9.87. The van der Waals surface area contributed by atoms with E-state index in [0.717, 1.165) is 24.0 Å². The van der Waals surface area contributed by atoms with Gasteiger partial charge in [0.05, 0.1) is 6.04 Å². The van der Waals surface area contributed by atoms with Gasteiger partial charge in [0.15, 0.2) is 0 Å². The van der Waals surface area contributed by atoms with Crippen LogP contribution in [0.5, 0.6) is 0 Å². The van der Waals surface area contributed by atoms with E-state index in [1.165, 1.54) is 30.5 Å². The van der Waals surface area contributed by atoms with Gasteiger partial charge in [0.1, 0.15) is 12.3 Å². The van der Waals surface area contributed by atoms with E-state index in [4.69, 9.17) is 14.7 Å². The second kappa shape index (κ2) is 8.46. The number of benzene rings is 1. The molecule has 28 heavy (non-hydrogen) atoms. The molecule has 1 aliphatic carbocycles. The Morgan fingerprint density at radius 3 is 2.64 bits per heavy atom. The van der Waals surface area contributed by atoms with Crippen molar-refractivity contribution >= 4 is 5.90 Å². The summed E-state index contributed by atoms with van der Waals surface area (Å²) in [5.41, 5.74) is 3.42. The van der Waals surface area contributed by atoms with Crippen molar-refractivity contribution < 1.29 is 4.74 Å². The summed E-state index contributed by atoms with van der Waals surface area (Å²) in [5, 5.41) is 0. The van der Waals surface area contributed by atoms with Crippen LogP contribution < -0.4 is 0 Å². The number of hydrogen-bond acceptors (Lipinski definition) is 3. The van der Waals surface area contributed by atoms with Gasteiger partial charge in [-0.15, -0.1) is 0 Å². The standard InChI is InChI=1S/C25H32N2O/c1-17(2)21-13-12-18(3)14-22(21)23-10-7-11-24(27-23)25-26-20(16-28-25)15-19-8-5-4-6-9-19/h4-11,17-18,20-22H,12-16H2,1-3H3/t18-,20+,21+,22-/m1/s1. The van der Waals surface area contributed by atoms with Crippen LogP contribution in [0.3, 0.4) is 0 Å². The molecule has 148 valence electrons. The highest BCUT2D eigenvalue weighted by atomic mass is 16.5. The summed E-state index contributed by atoms with van der Waals surface area (Å²) in [5.74, 6) is 3.45. The summed E-state index contributed by atoms with van der Waals surface area (Å²) in [6, 6.07) is 17.1. The maximum absolute atomic E-state index is 5.95. The molecule has 0 unspecified atom stereocenters. The Balaban J connectivity index is 1.53. The summed E-state index contributed by atoms with van der Waals surface area (Å²) >= 11 is 0. The molecule has 1 aliphatic heterocycles. The van der Waals surface area contributed by atoms with E-state index in [-0.39, 0.29) is 6.04 Å². The van der Waals surface area contributed by atoms with Crippen LogP contribution >= 0.6 is 0 Å². The predicted octanol–water partition coefficient (Wildman–Crippen LogP) is 5.65. The summed E-state index contributed by atoms with van der Waals surface area (Å²) in [6.45, 7) is 7.74. The van der Waals surface area contributed by atoms with E-state index < -0.39 is 0 Å². The summed E-state index contributed by atoms with van der Waals surface area (Å²) < 4.78 is 5.95. The molecule has 2 aliphatic rings. The zero-order valence-corrected chi connectivity index (χ0v) is 17.3. The highest BCUT2D eigenvalue weighted by Crippen LogP contribution is 2.43. The first-order valence-corrected chi connectivity index (χ1v) is 10.8. The van der Waals surface area contributed by atoms with E-state index in [1.807, 2.05) is 6.07 Å². The number of pyridine rings is 1. The van der Waals surface area contributed by atoms with Crippen molar-refractivity contribution in [1.29, 1.82) is 0 Å². The lowest BCUT2D eigenvalue weighted by Gasteiger charge is -2.37. The molecule has 1 fully saturated rings. The first-order chi connectivity index (χ1) is 13.6. The lowest BCUT2D eigenvalue weighted by molar-refractivity contribution is 0.194. The number of rotatable bonds is 5. The van der Waals surface area contributed by atoms with Crippen LogP contribution in [0.1, 0.15) is 62.9 Å². The normalized spacial score (nSPS) is 27.5. The van der Waals surface area contributed by atoms with Crippen LogP contribution in [0, 0.1) is 17.8 Å². The minimum Gasteiger partial charge on any atom is -0.474 e. The number of aliphatic imine (C=N–C) groups is 1. The first kappa shape index (κ1) is 19.2. The largest absolute Gasteiger partial charge is 0.474 e. The maximum Gasteiger partial charge on any atom is 0.235 e. The smallest absolute Gasteiger partial charge is 0.235 e. The third-order valence-corrected chi connectivity index (χ3v) is 6.42. The Bertz CT molecular complexity index is 814. The lowest BCUT2D eigenvalue weighted by atomic mass is 9.69. The van der Waals surface area contributed by atoms with E-state index in [1.54, 1.807) is 0 Å². The minimum atomic E-state index is 0.181. The molecule has 1 saturated carbocycles. The van der Waals surface area contributed by atoms with Crippen LogP contribution in [-0.2, 0) is 11.2 Å². The quantitative estimate of drug-likeness (QED) is 0.676. The average molecular weight is 377 g/mol. The molecule has 4 atom stereocenters. The molecule has 2 heterocycles. The van der Waals surface area contributed by atoms with Gasteiger partial charge in [0, 0.05) is 11.6 Å². The number of aromatic nitrogens is 1. The van der Waals surface area contributed by atoms with Gasteiger partial charge in [-0.1, -0.05) is 63.6 Å². The number of nitrogens with zero attached hydrogens (tertiary/aromatic N) is 2. The summed E-state index contributed by atoms with van der Waals surface area (Å²) in [6.07, 6.45) is 4.81. The third kappa shape index (κ3) is 4.29. The molecule has 1 aromatic heterocycles. The molecule has 0 saturated heterocycles. The first-order valence-electron chi connectivity index (χ1n) is 10.8. The van der Waals surface area contributed by atoms with Crippen molar-refractivity contribution in [1.82, 2.24) is 4.98 Å². The molecular weight excluding hydrogens is 344 g/mol. The molecule has 2 aromatic rings. The SMILES string of the molecule is CC(C)[C@@H]1CC[C@@H](C)C[C@H]1c1cccc(C2=N[C@@H](Cc3ccccc3)CO2)n1. The molecule has 3 heteroatoms. The van der Waals surface area contributed by atoms with Gasteiger partial charge in [0.2, 0.25) is 5.90 Å². The zero-order chi connectivity index (χ0) is 19.5. The molecule has 1 aromatic carbocycles. The Morgan fingerprint density at radius 2 is 1.86 bits per heavy atom. The molecule has 0 N–H and O–H groups in total. The van der Waals surface area contributed by atoms with Crippen molar-refractivity contribution in [3.05, 3.63) is 65.5 Å². The van der Waals surface area contributed by atoms with Crippen molar-refractivity contribution in [3.63, 3.8) is 0 Å². The van der Waals surface area contributed by atoms with Crippen LogP contribution in [0.4, 0.5) is 0 Å². The fourth-order valence-corrected chi connectivity index (χ4v) is 4.87. The average Bonchev–Trinajstić information content (AvgIpc) is 3.17. The van der Waals surface area contributed by atoms with Crippen molar-refractivity contribution in [2.24, 2.45) is 22.7 Å². The Hall–Kier alpha value is -2.16. The Kier molecular flexibility index (Phi) is 5.79. The maximum atomic E-state index is 5.95. The van der Waals surface area contributed by atoms with E-state index >= 15 is 0 Å². The molecule has 0 radical (unpaired) electrons. The van der Waals surface area contributed by atoms with Gasteiger partial charge in [0.25, 0.3) is 0 Å². The van der Waals surface area contributed by atoms with Crippen molar-refractivity contribution in [2.75, 3.05) is 6.61 Å². The van der Waals surface area contributed by atoms with Gasteiger partial charge in [-0.3, -0.25) is 0 Å². The number of ether oxygens (including phenoxy) is 1. The van der Waals surface area contributed by atoms with Crippen LogP contribution in [-0.4, -0.2) is 23.5 Å². The zero-order valence-electron chi connectivity index (χ0n) is 17.3. The molecule has 0 spiro atoms. The van der Waals surface area contributed by atoms with Crippen molar-refractivity contribution in [2.45, 2.75) is 58.4 Å². The van der Waals surface area contributed by atoms with Crippen molar-refractivity contribution in [3.8, 4) is 0 Å². The molecule has 4 rings (SSSR count). The van der Waals surface area contributed by atoms with Gasteiger partial charge in [-0.2, -0.15) is 0 Å². The second-order valence-corrected chi connectivity index (χ2v) is 8.97. The van der Waals surface area contributed by atoms with Crippen LogP contribution in [0.25, 0.3) is 0 Å². The topological polar surface area (TPSA) is 34.5 Å². The fraction of sp³-hybridized carbons (Fsp3) is 0.520. The Morgan fingerprint density at radius 1 is 1.04 bits per heavy atom. The van der Waals surface area contributed by atoms with Gasteiger partial charge < -0.3 is 4.74 Å². The second-order valence-electron chi connectivity index (χ2n) is 8.97. The van der Waals surface area contributed by atoms with Gasteiger partial charge in [-0.25, -0.2) is 9.98 Å². The van der Waals surface area contributed by atoms with Crippen LogP contribution in [0.2, 0.25) is 0 Å². The monoisotopic (exact) mass is 376 g/mol. The third-order valence-electron chi connectivity index (χ3n) is 6.42. The lowest BCUT2D eigenvalue weighted by Crippen LogP contribution is -2.27. The molecule has 0 bridgehead atoms. The Labute approximate surface area is 169 Å². The molecule has 0 amide bonds. The fourth-order valence-electron chi connectivity index (χ4n) is 4.87. The van der Waals surface area contributed by atoms with Gasteiger partial charge in [-0.05, 0) is 54.7 Å². The molecule has 3 nitrogen and oxygen atoms in total. The van der Waals surface area contributed by atoms with Gasteiger partial charge >= 0.3 is 0 Å². The van der Waals surface area contributed by atoms with E-state index in [9.17, 15) is 0 Å². The summed E-state index contributed by atoms with van der Waals surface area (Å²) in [7, 11) is 0. The highest BCUT2D eigenvalue weighted by Gasteiger charge is 2.33.